The smallest absolute Gasteiger partial charge is 0.275 e. The number of hydrogen-bond donors (Lipinski definition) is 3. The van der Waals surface area contributed by atoms with Crippen molar-refractivity contribution < 1.29 is 9.59 Å². The number of nitrogen functional groups attached to an aromatic ring is 1. The Bertz CT molecular complexity index is 557. The normalized spacial score (nSPS) is 22.3. The maximum Gasteiger partial charge on any atom is 0.275 e. The Morgan fingerprint density at radius 2 is 2.24 bits per heavy atom. The molecular weight excluding hydrogens is 288 g/mol. The van der Waals surface area contributed by atoms with Crippen molar-refractivity contribution in [1.82, 2.24) is 15.6 Å². The number of rotatable bonds is 4. The molecule has 1 fully saturated rings. The highest BCUT2D eigenvalue weighted by atomic mass is 32.1. The van der Waals surface area contributed by atoms with Gasteiger partial charge in [-0.3, -0.25) is 19.9 Å². The fourth-order valence-corrected chi connectivity index (χ4v) is 3.72. The van der Waals surface area contributed by atoms with Crippen molar-refractivity contribution >= 4 is 23.2 Å². The fraction of sp³-hybridized carbons (Fsp3) is 0.571. The van der Waals surface area contributed by atoms with Crippen LogP contribution in [0.25, 0.3) is 0 Å². The van der Waals surface area contributed by atoms with Crippen LogP contribution in [-0.2, 0) is 11.3 Å². The molecule has 6 nitrogen and oxygen atoms in total. The molecule has 0 saturated carbocycles. The molecule has 1 atom stereocenters. The van der Waals surface area contributed by atoms with Gasteiger partial charge in [-0.15, -0.1) is 11.3 Å². The van der Waals surface area contributed by atoms with Gasteiger partial charge in [0.25, 0.3) is 5.91 Å². The van der Waals surface area contributed by atoms with E-state index >= 15 is 0 Å². The van der Waals surface area contributed by atoms with Gasteiger partial charge in [-0.25, -0.2) is 5.84 Å². The highest BCUT2D eigenvalue weighted by Gasteiger charge is 2.39. The van der Waals surface area contributed by atoms with Crippen LogP contribution >= 0.6 is 11.3 Å². The largest absolute Gasteiger partial charge is 0.359 e. The van der Waals surface area contributed by atoms with Crippen molar-refractivity contribution in [2.75, 3.05) is 20.1 Å². The number of nitrogens with one attached hydrogen (secondary N) is 2. The lowest BCUT2D eigenvalue weighted by atomic mass is 9.89. The van der Waals surface area contributed by atoms with Crippen molar-refractivity contribution in [3.8, 4) is 0 Å². The number of nitrogens with zero attached hydrogens (tertiary/aromatic N) is 1. The minimum atomic E-state index is -0.323. The van der Waals surface area contributed by atoms with Crippen LogP contribution in [-0.4, -0.2) is 36.9 Å². The van der Waals surface area contributed by atoms with E-state index in [4.69, 9.17) is 5.84 Å². The molecule has 0 spiro atoms. The van der Waals surface area contributed by atoms with Crippen LogP contribution in [0.1, 0.15) is 33.5 Å². The minimum absolute atomic E-state index is 0.0928. The van der Waals surface area contributed by atoms with Gasteiger partial charge in [-0.2, -0.15) is 0 Å². The van der Waals surface area contributed by atoms with Crippen LogP contribution in [0.2, 0.25) is 0 Å². The molecule has 0 radical (unpaired) electrons. The van der Waals surface area contributed by atoms with E-state index in [-0.39, 0.29) is 17.2 Å². The van der Waals surface area contributed by atoms with Gasteiger partial charge in [-0.05, 0) is 38.4 Å². The maximum atomic E-state index is 11.9. The molecule has 2 heterocycles. The zero-order chi connectivity index (χ0) is 15.6. The van der Waals surface area contributed by atoms with Crippen molar-refractivity contribution in [3.63, 3.8) is 0 Å². The molecule has 4 N–H and O–H groups in total. The van der Waals surface area contributed by atoms with E-state index in [0.717, 1.165) is 36.5 Å². The van der Waals surface area contributed by atoms with Crippen LogP contribution in [0.15, 0.2) is 6.07 Å². The van der Waals surface area contributed by atoms with Crippen LogP contribution in [0.5, 0.6) is 0 Å². The molecule has 7 heteroatoms. The number of carbonyl (C=O) groups excluding carboxylic acids is 2. The average Bonchev–Trinajstić information content (AvgIpc) is 3.02. The summed E-state index contributed by atoms with van der Waals surface area (Å²) in [6, 6.07) is 1.89. The third kappa shape index (κ3) is 3.25. The zero-order valence-electron chi connectivity index (χ0n) is 12.7. The van der Waals surface area contributed by atoms with Crippen molar-refractivity contribution in [2.24, 2.45) is 11.3 Å². The predicted octanol–water partition coefficient (Wildman–Crippen LogP) is 0.618. The third-order valence-electron chi connectivity index (χ3n) is 4.10. The number of aryl methyl sites for hydroxylation is 1. The summed E-state index contributed by atoms with van der Waals surface area (Å²) in [5, 5.41) is 2.74. The van der Waals surface area contributed by atoms with E-state index < -0.39 is 0 Å². The monoisotopic (exact) mass is 310 g/mol. The summed E-state index contributed by atoms with van der Waals surface area (Å²) in [7, 11) is 1.68. The summed E-state index contributed by atoms with van der Waals surface area (Å²) in [5.41, 5.74) is 2.96. The van der Waals surface area contributed by atoms with E-state index in [9.17, 15) is 9.59 Å². The van der Waals surface area contributed by atoms with Crippen molar-refractivity contribution in [1.29, 1.82) is 0 Å². The second-order valence-electron chi connectivity index (χ2n) is 5.77. The first-order valence-electron chi connectivity index (χ1n) is 6.94. The fourth-order valence-electron chi connectivity index (χ4n) is 2.78. The molecular formula is C14H22N4O2S. The Labute approximate surface area is 128 Å². The molecule has 21 heavy (non-hydrogen) atoms. The summed E-state index contributed by atoms with van der Waals surface area (Å²) in [5.74, 6) is 5.00. The zero-order valence-corrected chi connectivity index (χ0v) is 13.5. The number of thiophene rings is 1. The molecule has 0 aliphatic carbocycles. The molecule has 2 amide bonds. The van der Waals surface area contributed by atoms with Crippen LogP contribution < -0.4 is 16.6 Å². The second kappa shape index (κ2) is 6.13. The maximum absolute atomic E-state index is 11.9. The summed E-state index contributed by atoms with van der Waals surface area (Å²) in [6.45, 7) is 6.38. The van der Waals surface area contributed by atoms with E-state index in [2.05, 4.69) is 15.6 Å². The Hall–Kier alpha value is -1.44. The first-order valence-corrected chi connectivity index (χ1v) is 7.76. The molecule has 2 rings (SSSR count). The predicted molar refractivity (Wildman–Crippen MR) is 82.8 cm³/mol. The first kappa shape index (κ1) is 15.9. The van der Waals surface area contributed by atoms with Crippen molar-refractivity contribution in [2.45, 2.75) is 26.8 Å². The first-order chi connectivity index (χ1) is 9.89. The lowest BCUT2D eigenvalue weighted by molar-refractivity contribution is -0.129. The van der Waals surface area contributed by atoms with Crippen LogP contribution in [0, 0.1) is 12.3 Å². The van der Waals surface area contributed by atoms with Crippen LogP contribution in [0.3, 0.4) is 0 Å². The topological polar surface area (TPSA) is 87.5 Å². The van der Waals surface area contributed by atoms with Gasteiger partial charge >= 0.3 is 0 Å². The molecule has 0 bridgehead atoms. The van der Waals surface area contributed by atoms with Gasteiger partial charge in [0, 0.05) is 25.0 Å². The van der Waals surface area contributed by atoms with Gasteiger partial charge < -0.3 is 5.32 Å². The van der Waals surface area contributed by atoms with Crippen LogP contribution in [0.4, 0.5) is 0 Å². The van der Waals surface area contributed by atoms with Gasteiger partial charge in [-0.1, -0.05) is 0 Å². The van der Waals surface area contributed by atoms with E-state index in [1.165, 1.54) is 11.3 Å². The lowest BCUT2D eigenvalue weighted by Gasteiger charge is -2.22. The molecule has 1 unspecified atom stereocenters. The molecule has 1 aromatic heterocycles. The molecule has 0 aromatic carbocycles. The number of hydrogen-bond acceptors (Lipinski definition) is 5. The van der Waals surface area contributed by atoms with E-state index in [0.29, 0.717) is 4.88 Å². The second-order valence-corrected chi connectivity index (χ2v) is 7.02. The standard InChI is InChI=1S/C14H22N4O2S/c1-9-10(6-11(21-9)12(19)17-15)7-18-5-4-14(2,8-18)13(20)16-3/h6H,4-5,7-8,15H2,1-3H3,(H,16,20)(H,17,19). The van der Waals surface area contributed by atoms with Gasteiger partial charge in [0.2, 0.25) is 5.91 Å². The summed E-state index contributed by atoms with van der Waals surface area (Å²) >= 11 is 1.44. The van der Waals surface area contributed by atoms with Gasteiger partial charge in [0.05, 0.1) is 10.3 Å². The molecule has 1 aromatic rings. The SMILES string of the molecule is CNC(=O)C1(C)CCN(Cc2cc(C(=O)NN)sc2C)C1. The third-order valence-corrected chi connectivity index (χ3v) is 5.19. The van der Waals surface area contributed by atoms with Crippen molar-refractivity contribution in [3.05, 3.63) is 21.4 Å². The Kier molecular flexibility index (Phi) is 4.65. The molecule has 116 valence electrons. The highest BCUT2D eigenvalue weighted by molar-refractivity contribution is 7.14. The number of likely N-dealkylation sites (tertiary alicyclic amines) is 1. The van der Waals surface area contributed by atoms with Gasteiger partial charge in [0.1, 0.15) is 0 Å². The number of amides is 2. The number of hydrazine groups is 1. The van der Waals surface area contributed by atoms with E-state index in [1.54, 1.807) is 7.05 Å². The number of carbonyl (C=O) groups is 2. The summed E-state index contributed by atoms with van der Waals surface area (Å²) in [4.78, 5) is 27.5. The Morgan fingerprint density at radius 1 is 1.52 bits per heavy atom. The molecule has 1 aliphatic heterocycles. The Morgan fingerprint density at radius 3 is 2.86 bits per heavy atom. The minimum Gasteiger partial charge on any atom is -0.359 e. The quantitative estimate of drug-likeness (QED) is 0.432. The Balaban J connectivity index is 2.05. The summed E-state index contributed by atoms with van der Waals surface area (Å²) < 4.78 is 0. The average molecular weight is 310 g/mol. The number of nitrogens with two attached hydrogens (primary N) is 1. The summed E-state index contributed by atoms with van der Waals surface area (Å²) in [6.07, 6.45) is 0.853. The lowest BCUT2D eigenvalue weighted by Crippen LogP contribution is -2.39. The van der Waals surface area contributed by atoms with E-state index in [1.807, 2.05) is 19.9 Å². The molecule has 1 saturated heterocycles. The highest BCUT2D eigenvalue weighted by Crippen LogP contribution is 2.32. The molecule has 1 aliphatic rings. The van der Waals surface area contributed by atoms with Gasteiger partial charge in [0.15, 0.2) is 0 Å².